The van der Waals surface area contributed by atoms with Crippen LogP contribution in [0.4, 0.5) is 0 Å². The summed E-state index contributed by atoms with van der Waals surface area (Å²) in [7, 11) is 0. The molecular formula is C17H10ClNO2S. The molecule has 0 amide bonds. The van der Waals surface area contributed by atoms with Gasteiger partial charge in [0.05, 0.1) is 16.8 Å². The van der Waals surface area contributed by atoms with Gasteiger partial charge in [0.1, 0.15) is 0 Å². The molecule has 4 rings (SSSR count). The lowest BCUT2D eigenvalue weighted by Crippen LogP contribution is -2.09. The van der Waals surface area contributed by atoms with Crippen LogP contribution in [-0.4, -0.2) is 16.1 Å². The molecule has 3 aromatic rings. The first-order valence-electron chi connectivity index (χ1n) is 6.73. The zero-order valence-electron chi connectivity index (χ0n) is 11.3. The van der Waals surface area contributed by atoms with E-state index in [4.69, 9.17) is 11.6 Å². The number of fused-ring (bicyclic) bond motifs is 4. The maximum atomic E-state index is 11.9. The largest absolute Gasteiger partial charge is 0.478 e. The second-order valence-corrected chi connectivity index (χ2v) is 6.51. The van der Waals surface area contributed by atoms with E-state index in [0.29, 0.717) is 32.8 Å². The summed E-state index contributed by atoms with van der Waals surface area (Å²) >= 11 is 7.77. The summed E-state index contributed by atoms with van der Waals surface area (Å²) in [5.74, 6) is -0.276. The van der Waals surface area contributed by atoms with Crippen LogP contribution < -0.4 is 0 Å². The molecule has 0 fully saturated rings. The third-order valence-electron chi connectivity index (χ3n) is 3.76. The quantitative estimate of drug-likeness (QED) is 0.693. The highest BCUT2D eigenvalue weighted by Crippen LogP contribution is 2.45. The molecular weight excluding hydrogens is 318 g/mol. The normalized spacial score (nSPS) is 12.8. The fourth-order valence-electron chi connectivity index (χ4n) is 2.85. The van der Waals surface area contributed by atoms with E-state index in [1.165, 1.54) is 0 Å². The molecule has 1 N–H and O–H groups in total. The number of carboxylic acid groups (broad SMARTS) is 1. The zero-order chi connectivity index (χ0) is 15.3. The lowest BCUT2D eigenvalue weighted by atomic mass is 9.94. The molecule has 22 heavy (non-hydrogen) atoms. The monoisotopic (exact) mass is 327 g/mol. The lowest BCUT2D eigenvalue weighted by Gasteiger charge is -2.21. The Bertz CT molecular complexity index is 939. The van der Waals surface area contributed by atoms with Crippen molar-refractivity contribution in [1.29, 1.82) is 0 Å². The van der Waals surface area contributed by atoms with Gasteiger partial charge in [0, 0.05) is 26.6 Å². The van der Waals surface area contributed by atoms with Crippen molar-refractivity contribution in [3.63, 3.8) is 0 Å². The molecule has 1 aliphatic rings. The number of thioether (sulfide) groups is 1. The van der Waals surface area contributed by atoms with E-state index < -0.39 is 5.97 Å². The highest BCUT2D eigenvalue weighted by atomic mass is 35.5. The van der Waals surface area contributed by atoms with Crippen LogP contribution in [0.3, 0.4) is 0 Å². The third-order valence-corrected chi connectivity index (χ3v) is 5.08. The van der Waals surface area contributed by atoms with Crippen LogP contribution in [0.1, 0.15) is 16.1 Å². The number of para-hydroxylation sites is 1. The summed E-state index contributed by atoms with van der Waals surface area (Å²) < 4.78 is 0. The van der Waals surface area contributed by atoms with E-state index in [1.54, 1.807) is 17.8 Å². The minimum atomic E-state index is -0.937. The molecule has 0 saturated heterocycles. The van der Waals surface area contributed by atoms with Crippen LogP contribution in [0.25, 0.3) is 22.0 Å². The molecule has 0 bridgehead atoms. The Morgan fingerprint density at radius 3 is 2.86 bits per heavy atom. The van der Waals surface area contributed by atoms with Gasteiger partial charge in [-0.25, -0.2) is 4.79 Å². The van der Waals surface area contributed by atoms with Crippen molar-refractivity contribution < 1.29 is 9.90 Å². The van der Waals surface area contributed by atoms with Crippen LogP contribution in [0.15, 0.2) is 47.4 Å². The SMILES string of the molecule is O=C(O)c1c2c(nc3ccccc13)CSc1ccc(Cl)cc1-2. The van der Waals surface area contributed by atoms with Crippen LogP contribution in [0.5, 0.6) is 0 Å². The van der Waals surface area contributed by atoms with Crippen molar-refractivity contribution in [1.82, 2.24) is 4.98 Å². The number of pyridine rings is 1. The van der Waals surface area contributed by atoms with Crippen molar-refractivity contribution in [3.05, 3.63) is 58.7 Å². The number of aromatic carboxylic acids is 1. The van der Waals surface area contributed by atoms with E-state index in [1.807, 2.05) is 36.4 Å². The van der Waals surface area contributed by atoms with Crippen molar-refractivity contribution in [2.24, 2.45) is 0 Å². The molecule has 1 aliphatic heterocycles. The highest BCUT2D eigenvalue weighted by Gasteiger charge is 2.26. The van der Waals surface area contributed by atoms with Gasteiger partial charge < -0.3 is 5.11 Å². The fourth-order valence-corrected chi connectivity index (χ4v) is 4.00. The molecule has 0 radical (unpaired) electrons. The summed E-state index contributed by atoms with van der Waals surface area (Å²) in [6, 6.07) is 12.9. The van der Waals surface area contributed by atoms with E-state index in [9.17, 15) is 9.90 Å². The molecule has 0 unspecified atom stereocenters. The van der Waals surface area contributed by atoms with Crippen molar-refractivity contribution in [3.8, 4) is 11.1 Å². The topological polar surface area (TPSA) is 50.2 Å². The highest BCUT2D eigenvalue weighted by molar-refractivity contribution is 7.98. The van der Waals surface area contributed by atoms with E-state index in [2.05, 4.69) is 4.98 Å². The summed E-state index contributed by atoms with van der Waals surface area (Å²) in [5.41, 5.74) is 3.38. The minimum absolute atomic E-state index is 0.310. The van der Waals surface area contributed by atoms with Crippen molar-refractivity contribution in [2.75, 3.05) is 0 Å². The van der Waals surface area contributed by atoms with Crippen LogP contribution in [0, 0.1) is 0 Å². The predicted molar refractivity (Wildman–Crippen MR) is 88.7 cm³/mol. The Balaban J connectivity index is 2.17. The van der Waals surface area contributed by atoms with Crippen molar-refractivity contribution in [2.45, 2.75) is 10.6 Å². The first-order chi connectivity index (χ1) is 10.6. The van der Waals surface area contributed by atoms with Gasteiger partial charge >= 0.3 is 5.97 Å². The number of halogens is 1. The number of hydrogen-bond donors (Lipinski definition) is 1. The fraction of sp³-hybridized carbons (Fsp3) is 0.0588. The van der Waals surface area contributed by atoms with Gasteiger partial charge in [-0.3, -0.25) is 4.98 Å². The summed E-state index contributed by atoms with van der Waals surface area (Å²) in [6.45, 7) is 0. The Morgan fingerprint density at radius 2 is 2.05 bits per heavy atom. The van der Waals surface area contributed by atoms with Gasteiger partial charge in [-0.2, -0.15) is 0 Å². The van der Waals surface area contributed by atoms with Crippen LogP contribution in [0.2, 0.25) is 5.02 Å². The molecule has 3 nitrogen and oxygen atoms in total. The van der Waals surface area contributed by atoms with E-state index in [0.717, 1.165) is 16.2 Å². The smallest absolute Gasteiger partial charge is 0.337 e. The second kappa shape index (κ2) is 5.00. The number of nitrogens with zero attached hydrogens (tertiary/aromatic N) is 1. The molecule has 0 spiro atoms. The second-order valence-electron chi connectivity index (χ2n) is 5.06. The maximum absolute atomic E-state index is 11.9. The Kier molecular flexibility index (Phi) is 3.10. The van der Waals surface area contributed by atoms with Gasteiger partial charge in [0.15, 0.2) is 0 Å². The molecule has 2 heterocycles. The maximum Gasteiger partial charge on any atom is 0.337 e. The number of benzene rings is 2. The average molecular weight is 328 g/mol. The van der Waals surface area contributed by atoms with Crippen LogP contribution in [-0.2, 0) is 5.75 Å². The van der Waals surface area contributed by atoms with E-state index in [-0.39, 0.29) is 0 Å². The molecule has 108 valence electrons. The molecule has 0 aliphatic carbocycles. The molecule has 0 saturated carbocycles. The number of carboxylic acids is 1. The van der Waals surface area contributed by atoms with Gasteiger partial charge in [0.2, 0.25) is 0 Å². The summed E-state index contributed by atoms with van der Waals surface area (Å²) in [5, 5.41) is 11.0. The first-order valence-corrected chi connectivity index (χ1v) is 8.09. The Hall–Kier alpha value is -2.04. The first kappa shape index (κ1) is 13.6. The van der Waals surface area contributed by atoms with Gasteiger partial charge in [-0.1, -0.05) is 29.8 Å². The minimum Gasteiger partial charge on any atom is -0.478 e. The van der Waals surface area contributed by atoms with Gasteiger partial charge in [-0.15, -0.1) is 11.8 Å². The zero-order valence-corrected chi connectivity index (χ0v) is 12.9. The predicted octanol–water partition coefficient (Wildman–Crippen LogP) is 4.86. The van der Waals surface area contributed by atoms with Gasteiger partial charge in [-0.05, 0) is 29.8 Å². The third kappa shape index (κ3) is 1.99. The molecule has 0 atom stereocenters. The number of hydrogen-bond acceptors (Lipinski definition) is 3. The van der Waals surface area contributed by atoms with Crippen LogP contribution >= 0.6 is 23.4 Å². The lowest BCUT2D eigenvalue weighted by molar-refractivity contribution is 0.0699. The van der Waals surface area contributed by atoms with Gasteiger partial charge in [0.25, 0.3) is 0 Å². The molecule has 1 aromatic heterocycles. The average Bonchev–Trinajstić information content (AvgIpc) is 2.52. The molecule has 5 heteroatoms. The molecule has 2 aromatic carbocycles. The summed E-state index contributed by atoms with van der Waals surface area (Å²) in [4.78, 5) is 17.6. The number of aromatic nitrogens is 1. The number of carbonyl (C=O) groups is 1. The summed E-state index contributed by atoms with van der Waals surface area (Å²) in [6.07, 6.45) is 0. The Morgan fingerprint density at radius 1 is 1.23 bits per heavy atom. The standard InChI is InChI=1S/C17H10ClNO2S/c18-9-5-6-14-11(7-9)15-13(8-22-14)19-12-4-2-1-3-10(12)16(15)17(20)21/h1-7H,8H2,(H,20,21). The van der Waals surface area contributed by atoms with Crippen molar-refractivity contribution >= 4 is 40.2 Å². The Labute approximate surface area is 135 Å². The van der Waals surface area contributed by atoms with E-state index >= 15 is 0 Å². The number of rotatable bonds is 1.